The summed E-state index contributed by atoms with van der Waals surface area (Å²) in [6, 6.07) is -0.258. The molecule has 0 heterocycles. The molecule has 0 aromatic heterocycles. The third kappa shape index (κ3) is 6.75. The number of carboxylic acids is 1. The first-order valence-electron chi connectivity index (χ1n) is 7.53. The standard InChI is InChI=1S/C14H27N3O3/c1-3-8-16(4-2)9-7-15-14(20)17(11-13(18)19)10-12-5-6-12/h12H,3-11H2,1-2H3,(H,15,20)(H,18,19). The monoisotopic (exact) mass is 285 g/mol. The molecule has 2 amide bonds. The van der Waals surface area contributed by atoms with Crippen molar-refractivity contribution in [2.75, 3.05) is 39.3 Å². The first kappa shape index (κ1) is 16.8. The summed E-state index contributed by atoms with van der Waals surface area (Å²) in [5.74, 6) is -0.464. The largest absolute Gasteiger partial charge is 0.480 e. The Morgan fingerprint density at radius 2 is 1.95 bits per heavy atom. The van der Waals surface area contributed by atoms with Crippen molar-refractivity contribution in [1.82, 2.24) is 15.1 Å². The number of nitrogens with one attached hydrogen (secondary N) is 1. The van der Waals surface area contributed by atoms with Crippen molar-refractivity contribution in [2.45, 2.75) is 33.1 Å². The van der Waals surface area contributed by atoms with E-state index in [4.69, 9.17) is 5.11 Å². The summed E-state index contributed by atoms with van der Waals surface area (Å²) in [5.41, 5.74) is 0. The summed E-state index contributed by atoms with van der Waals surface area (Å²) >= 11 is 0. The second-order valence-corrected chi connectivity index (χ2v) is 5.38. The molecule has 1 aliphatic rings. The second-order valence-electron chi connectivity index (χ2n) is 5.38. The fraction of sp³-hybridized carbons (Fsp3) is 0.857. The first-order chi connectivity index (χ1) is 9.56. The number of rotatable bonds is 10. The van der Waals surface area contributed by atoms with E-state index in [1.807, 2.05) is 0 Å². The van der Waals surface area contributed by atoms with Gasteiger partial charge < -0.3 is 20.2 Å². The lowest BCUT2D eigenvalue weighted by molar-refractivity contribution is -0.137. The van der Waals surface area contributed by atoms with Crippen LogP contribution in [0.15, 0.2) is 0 Å². The number of carboxylic acid groups (broad SMARTS) is 1. The van der Waals surface area contributed by atoms with Crippen molar-refractivity contribution < 1.29 is 14.7 Å². The average molecular weight is 285 g/mol. The van der Waals surface area contributed by atoms with Crippen LogP contribution in [0.4, 0.5) is 4.79 Å². The number of hydrogen-bond acceptors (Lipinski definition) is 3. The summed E-state index contributed by atoms with van der Waals surface area (Å²) in [7, 11) is 0. The van der Waals surface area contributed by atoms with Gasteiger partial charge in [-0.3, -0.25) is 4.79 Å². The van der Waals surface area contributed by atoms with Gasteiger partial charge in [0, 0.05) is 19.6 Å². The molecule has 0 atom stereocenters. The molecule has 1 rings (SSSR count). The van der Waals surface area contributed by atoms with Crippen LogP contribution in [0.25, 0.3) is 0 Å². The van der Waals surface area contributed by atoms with Crippen molar-refractivity contribution in [3.63, 3.8) is 0 Å². The molecule has 6 nitrogen and oxygen atoms in total. The Balaban J connectivity index is 2.30. The molecule has 2 N–H and O–H groups in total. The van der Waals surface area contributed by atoms with Crippen LogP contribution in [0.2, 0.25) is 0 Å². The van der Waals surface area contributed by atoms with E-state index in [0.717, 1.165) is 38.9 Å². The zero-order valence-corrected chi connectivity index (χ0v) is 12.6. The average Bonchev–Trinajstić information content (AvgIpc) is 3.20. The van der Waals surface area contributed by atoms with Crippen LogP contribution < -0.4 is 5.32 Å². The number of hydrogen-bond donors (Lipinski definition) is 2. The lowest BCUT2D eigenvalue weighted by Crippen LogP contribution is -2.46. The summed E-state index contributed by atoms with van der Waals surface area (Å²) in [4.78, 5) is 26.5. The van der Waals surface area contributed by atoms with Gasteiger partial charge in [-0.25, -0.2) is 4.79 Å². The maximum atomic E-state index is 12.0. The molecular weight excluding hydrogens is 258 g/mol. The van der Waals surface area contributed by atoms with E-state index in [0.29, 0.717) is 19.0 Å². The number of aliphatic carboxylic acids is 1. The quantitative estimate of drug-likeness (QED) is 0.633. The Kier molecular flexibility index (Phi) is 7.36. The first-order valence-corrected chi connectivity index (χ1v) is 7.53. The lowest BCUT2D eigenvalue weighted by Gasteiger charge is -2.23. The van der Waals surface area contributed by atoms with Gasteiger partial charge in [0.1, 0.15) is 6.54 Å². The highest BCUT2D eigenvalue weighted by atomic mass is 16.4. The number of carbonyl (C=O) groups excluding carboxylic acids is 1. The maximum absolute atomic E-state index is 12.0. The number of urea groups is 1. The van der Waals surface area contributed by atoms with Gasteiger partial charge in [-0.2, -0.15) is 0 Å². The lowest BCUT2D eigenvalue weighted by atomic mass is 10.3. The number of likely N-dealkylation sites (N-methyl/N-ethyl adjacent to an activating group) is 1. The minimum atomic E-state index is -0.957. The molecule has 0 aromatic rings. The summed E-state index contributed by atoms with van der Waals surface area (Å²) in [6.07, 6.45) is 3.29. The van der Waals surface area contributed by atoms with Crippen LogP contribution in [-0.4, -0.2) is 66.2 Å². The van der Waals surface area contributed by atoms with Crippen LogP contribution >= 0.6 is 0 Å². The van der Waals surface area contributed by atoms with Gasteiger partial charge in [-0.05, 0) is 38.3 Å². The second kappa shape index (κ2) is 8.79. The van der Waals surface area contributed by atoms with Gasteiger partial charge in [0.05, 0.1) is 0 Å². The summed E-state index contributed by atoms with van der Waals surface area (Å²) in [5, 5.41) is 11.7. The minimum absolute atomic E-state index is 0.214. The molecule has 1 fully saturated rings. The van der Waals surface area contributed by atoms with E-state index in [-0.39, 0.29) is 12.6 Å². The molecule has 0 radical (unpaired) electrons. The van der Waals surface area contributed by atoms with Gasteiger partial charge in [0.15, 0.2) is 0 Å². The molecule has 0 aliphatic heterocycles. The highest BCUT2D eigenvalue weighted by Gasteiger charge is 2.27. The zero-order chi connectivity index (χ0) is 15.0. The molecule has 0 bridgehead atoms. The highest BCUT2D eigenvalue weighted by Crippen LogP contribution is 2.29. The van der Waals surface area contributed by atoms with Crippen LogP contribution in [0.3, 0.4) is 0 Å². The topological polar surface area (TPSA) is 72.9 Å². The molecule has 0 spiro atoms. The van der Waals surface area contributed by atoms with Gasteiger partial charge in [0.2, 0.25) is 0 Å². The zero-order valence-electron chi connectivity index (χ0n) is 12.6. The van der Waals surface area contributed by atoms with Crippen LogP contribution in [-0.2, 0) is 4.79 Å². The summed E-state index contributed by atoms with van der Waals surface area (Å²) in [6.45, 7) is 7.93. The molecule has 0 unspecified atom stereocenters. The van der Waals surface area contributed by atoms with Crippen molar-refractivity contribution >= 4 is 12.0 Å². The SMILES string of the molecule is CCCN(CC)CCNC(=O)N(CC(=O)O)CC1CC1. The van der Waals surface area contributed by atoms with Crippen molar-refractivity contribution in [1.29, 1.82) is 0 Å². The smallest absolute Gasteiger partial charge is 0.323 e. The predicted octanol–water partition coefficient (Wildman–Crippen LogP) is 1.22. The Hall–Kier alpha value is -1.30. The van der Waals surface area contributed by atoms with Crippen molar-refractivity contribution in [3.8, 4) is 0 Å². The Bertz CT molecular complexity index is 319. The van der Waals surface area contributed by atoms with E-state index >= 15 is 0 Å². The van der Waals surface area contributed by atoms with Gasteiger partial charge in [-0.1, -0.05) is 13.8 Å². The summed E-state index contributed by atoms with van der Waals surface area (Å²) < 4.78 is 0. The molecule has 1 saturated carbocycles. The number of amides is 2. The van der Waals surface area contributed by atoms with Gasteiger partial charge >= 0.3 is 12.0 Å². The van der Waals surface area contributed by atoms with Crippen molar-refractivity contribution in [2.24, 2.45) is 5.92 Å². The number of nitrogens with zero attached hydrogens (tertiary/aromatic N) is 2. The Morgan fingerprint density at radius 3 is 2.45 bits per heavy atom. The van der Waals surface area contributed by atoms with Crippen LogP contribution in [0.1, 0.15) is 33.1 Å². The van der Waals surface area contributed by atoms with Crippen LogP contribution in [0, 0.1) is 5.92 Å². The molecular formula is C14H27N3O3. The Labute approximate surface area is 121 Å². The van der Waals surface area contributed by atoms with E-state index in [2.05, 4.69) is 24.1 Å². The third-order valence-electron chi connectivity index (χ3n) is 3.48. The number of carbonyl (C=O) groups is 2. The van der Waals surface area contributed by atoms with Crippen molar-refractivity contribution in [3.05, 3.63) is 0 Å². The molecule has 1 aliphatic carbocycles. The third-order valence-corrected chi connectivity index (χ3v) is 3.48. The maximum Gasteiger partial charge on any atom is 0.323 e. The fourth-order valence-corrected chi connectivity index (χ4v) is 2.17. The van der Waals surface area contributed by atoms with E-state index < -0.39 is 5.97 Å². The minimum Gasteiger partial charge on any atom is -0.480 e. The van der Waals surface area contributed by atoms with E-state index in [1.54, 1.807) is 0 Å². The van der Waals surface area contributed by atoms with Gasteiger partial charge in [-0.15, -0.1) is 0 Å². The van der Waals surface area contributed by atoms with E-state index in [1.165, 1.54) is 4.90 Å². The van der Waals surface area contributed by atoms with Gasteiger partial charge in [0.25, 0.3) is 0 Å². The molecule has 0 aromatic carbocycles. The van der Waals surface area contributed by atoms with E-state index in [9.17, 15) is 9.59 Å². The predicted molar refractivity (Wildman–Crippen MR) is 77.7 cm³/mol. The fourth-order valence-electron chi connectivity index (χ4n) is 2.17. The molecule has 20 heavy (non-hydrogen) atoms. The normalized spacial score (nSPS) is 14.3. The molecule has 0 saturated heterocycles. The van der Waals surface area contributed by atoms with Crippen LogP contribution in [0.5, 0.6) is 0 Å². The highest BCUT2D eigenvalue weighted by molar-refractivity contribution is 5.80. The molecule has 116 valence electrons. The molecule has 6 heteroatoms. The Morgan fingerprint density at radius 1 is 1.25 bits per heavy atom.